The first-order valence-corrected chi connectivity index (χ1v) is 6.86. The molecule has 3 heteroatoms. The third-order valence-corrected chi connectivity index (χ3v) is 5.28. The van der Waals surface area contributed by atoms with Crippen LogP contribution in [0.15, 0.2) is 24.3 Å². The first kappa shape index (κ1) is 10.4. The number of carbonyl (C=O) groups is 1. The highest BCUT2D eigenvalue weighted by atomic mass is 16.2. The molecule has 1 saturated carbocycles. The zero-order valence-corrected chi connectivity index (χ0v) is 10.7. The van der Waals surface area contributed by atoms with E-state index in [1.807, 2.05) is 0 Å². The topological polar surface area (TPSA) is 32.3 Å². The summed E-state index contributed by atoms with van der Waals surface area (Å²) >= 11 is 0. The lowest BCUT2D eigenvalue weighted by Crippen LogP contribution is -2.62. The minimum absolute atomic E-state index is 0.0774. The van der Waals surface area contributed by atoms with Gasteiger partial charge in [0.1, 0.15) is 5.66 Å². The SMILES string of the molecule is C[C@@]12CCCC[C@]13NC(=O)CN3c1ccccc12. The Morgan fingerprint density at radius 1 is 1.22 bits per heavy atom. The molecule has 1 N–H and O–H groups in total. The fraction of sp³-hybridized carbons (Fsp3) is 0.533. The fourth-order valence-corrected chi connectivity index (χ4v) is 4.42. The summed E-state index contributed by atoms with van der Waals surface area (Å²) in [6.45, 7) is 2.85. The highest BCUT2D eigenvalue weighted by Crippen LogP contribution is 2.58. The number of nitrogens with one attached hydrogen (secondary N) is 1. The third-order valence-electron chi connectivity index (χ3n) is 5.28. The summed E-state index contributed by atoms with van der Waals surface area (Å²) in [6.07, 6.45) is 4.71. The van der Waals surface area contributed by atoms with Gasteiger partial charge in [0, 0.05) is 11.1 Å². The smallest absolute Gasteiger partial charge is 0.241 e. The van der Waals surface area contributed by atoms with Gasteiger partial charge in [0.15, 0.2) is 0 Å². The summed E-state index contributed by atoms with van der Waals surface area (Å²) < 4.78 is 0. The van der Waals surface area contributed by atoms with Crippen molar-refractivity contribution in [1.82, 2.24) is 5.32 Å². The van der Waals surface area contributed by atoms with Crippen LogP contribution in [0, 0.1) is 0 Å². The maximum atomic E-state index is 11.9. The molecule has 1 saturated heterocycles. The third kappa shape index (κ3) is 0.957. The van der Waals surface area contributed by atoms with Crippen molar-refractivity contribution < 1.29 is 4.79 Å². The standard InChI is InChI=1S/C15H18N2O/c1-14-8-4-5-9-15(14)16-13(18)10-17(15)12-7-3-2-6-11(12)14/h2-3,6-7H,4-5,8-10H2,1H3,(H,16,18)/t14-,15+/m0/s1. The molecular weight excluding hydrogens is 224 g/mol. The summed E-state index contributed by atoms with van der Waals surface area (Å²) in [5.74, 6) is 0.178. The Kier molecular flexibility index (Phi) is 1.78. The number of carbonyl (C=O) groups excluding carboxylic acids is 1. The fourth-order valence-electron chi connectivity index (χ4n) is 4.42. The Bertz CT molecular complexity index is 541. The minimum atomic E-state index is -0.147. The quantitative estimate of drug-likeness (QED) is 0.756. The Labute approximate surface area is 107 Å². The molecule has 0 bridgehead atoms. The predicted octanol–water partition coefficient (Wildman–Crippen LogP) is 2.16. The van der Waals surface area contributed by atoms with E-state index in [4.69, 9.17) is 0 Å². The molecule has 18 heavy (non-hydrogen) atoms. The van der Waals surface area contributed by atoms with E-state index in [0.717, 1.165) is 6.42 Å². The first-order chi connectivity index (χ1) is 8.67. The molecular formula is C15H18N2O. The Hall–Kier alpha value is -1.51. The van der Waals surface area contributed by atoms with Crippen LogP contribution >= 0.6 is 0 Å². The van der Waals surface area contributed by atoms with Crippen LogP contribution in [0.5, 0.6) is 0 Å². The number of para-hydroxylation sites is 1. The molecule has 1 aromatic carbocycles. The number of hydrogen-bond donors (Lipinski definition) is 1. The van der Waals surface area contributed by atoms with Crippen molar-refractivity contribution in [1.29, 1.82) is 0 Å². The minimum Gasteiger partial charge on any atom is -0.338 e. The van der Waals surface area contributed by atoms with Crippen molar-refractivity contribution in [3.05, 3.63) is 29.8 Å². The van der Waals surface area contributed by atoms with Crippen LogP contribution in [-0.2, 0) is 10.2 Å². The lowest BCUT2D eigenvalue weighted by Gasteiger charge is -2.48. The molecule has 2 heterocycles. The van der Waals surface area contributed by atoms with Gasteiger partial charge in [0.2, 0.25) is 5.91 Å². The molecule has 0 aromatic heterocycles. The maximum Gasteiger partial charge on any atom is 0.241 e. The number of fused-ring (bicyclic) bond motifs is 3. The zero-order chi connectivity index (χ0) is 12.4. The zero-order valence-electron chi connectivity index (χ0n) is 10.7. The van der Waals surface area contributed by atoms with E-state index in [1.54, 1.807) is 0 Å². The van der Waals surface area contributed by atoms with Crippen LogP contribution in [0.4, 0.5) is 5.69 Å². The van der Waals surface area contributed by atoms with Crippen LogP contribution in [0.2, 0.25) is 0 Å². The molecule has 1 aromatic rings. The molecule has 1 spiro atoms. The van der Waals surface area contributed by atoms with Crippen molar-refractivity contribution in [2.75, 3.05) is 11.4 Å². The number of nitrogens with zero attached hydrogens (tertiary/aromatic N) is 1. The normalized spacial score (nSPS) is 36.9. The molecule has 0 radical (unpaired) electrons. The number of anilines is 1. The summed E-state index contributed by atoms with van der Waals surface area (Å²) in [6, 6.07) is 8.61. The van der Waals surface area contributed by atoms with Gasteiger partial charge >= 0.3 is 0 Å². The van der Waals surface area contributed by atoms with Gasteiger partial charge in [-0.1, -0.05) is 31.5 Å². The van der Waals surface area contributed by atoms with E-state index in [9.17, 15) is 4.79 Å². The number of benzene rings is 1. The van der Waals surface area contributed by atoms with E-state index in [0.29, 0.717) is 6.54 Å². The maximum absolute atomic E-state index is 11.9. The first-order valence-electron chi connectivity index (χ1n) is 6.86. The van der Waals surface area contributed by atoms with Crippen LogP contribution < -0.4 is 10.2 Å². The van der Waals surface area contributed by atoms with E-state index >= 15 is 0 Å². The number of amides is 1. The largest absolute Gasteiger partial charge is 0.338 e. The Morgan fingerprint density at radius 3 is 2.89 bits per heavy atom. The van der Waals surface area contributed by atoms with Gasteiger partial charge in [0.25, 0.3) is 0 Å². The number of hydrogen-bond acceptors (Lipinski definition) is 2. The predicted molar refractivity (Wildman–Crippen MR) is 70.5 cm³/mol. The average Bonchev–Trinajstić information content (AvgIpc) is 2.80. The van der Waals surface area contributed by atoms with E-state index in [1.165, 1.54) is 30.5 Å². The van der Waals surface area contributed by atoms with E-state index < -0.39 is 0 Å². The van der Waals surface area contributed by atoms with Crippen LogP contribution in [0.25, 0.3) is 0 Å². The van der Waals surface area contributed by atoms with E-state index in [2.05, 4.69) is 41.4 Å². The van der Waals surface area contributed by atoms with Crippen molar-refractivity contribution in [2.24, 2.45) is 0 Å². The van der Waals surface area contributed by atoms with Crippen molar-refractivity contribution >= 4 is 11.6 Å². The Morgan fingerprint density at radius 2 is 2.00 bits per heavy atom. The second-order valence-electron chi connectivity index (χ2n) is 6.05. The second-order valence-corrected chi connectivity index (χ2v) is 6.05. The van der Waals surface area contributed by atoms with Crippen LogP contribution in [-0.4, -0.2) is 18.1 Å². The second kappa shape index (κ2) is 3.08. The van der Waals surface area contributed by atoms with Crippen molar-refractivity contribution in [2.45, 2.75) is 43.7 Å². The molecule has 2 fully saturated rings. The summed E-state index contributed by atoms with van der Waals surface area (Å²) in [5.41, 5.74) is 2.62. The van der Waals surface area contributed by atoms with Gasteiger partial charge < -0.3 is 10.2 Å². The molecule has 1 aliphatic carbocycles. The summed E-state index contributed by atoms with van der Waals surface area (Å²) in [7, 11) is 0. The van der Waals surface area contributed by atoms with Gasteiger partial charge in [-0.25, -0.2) is 0 Å². The molecule has 2 aliphatic heterocycles. The molecule has 4 rings (SSSR count). The molecule has 3 nitrogen and oxygen atoms in total. The lowest BCUT2D eigenvalue weighted by molar-refractivity contribution is -0.119. The van der Waals surface area contributed by atoms with Crippen molar-refractivity contribution in [3.63, 3.8) is 0 Å². The highest BCUT2D eigenvalue weighted by Gasteiger charge is 2.63. The van der Waals surface area contributed by atoms with Gasteiger partial charge in [-0.15, -0.1) is 0 Å². The highest BCUT2D eigenvalue weighted by molar-refractivity contribution is 5.90. The molecule has 1 amide bonds. The van der Waals surface area contributed by atoms with Crippen LogP contribution in [0.1, 0.15) is 38.2 Å². The van der Waals surface area contributed by atoms with Gasteiger partial charge in [-0.2, -0.15) is 0 Å². The number of rotatable bonds is 0. The molecule has 0 unspecified atom stereocenters. The van der Waals surface area contributed by atoms with Gasteiger partial charge in [0.05, 0.1) is 6.54 Å². The Balaban J connectivity index is 1.99. The van der Waals surface area contributed by atoms with Gasteiger partial charge in [-0.3, -0.25) is 4.79 Å². The summed E-state index contributed by atoms with van der Waals surface area (Å²) in [5, 5.41) is 3.31. The van der Waals surface area contributed by atoms with E-state index in [-0.39, 0.29) is 17.0 Å². The monoisotopic (exact) mass is 242 g/mol. The van der Waals surface area contributed by atoms with Crippen molar-refractivity contribution in [3.8, 4) is 0 Å². The molecule has 2 atom stereocenters. The molecule has 94 valence electrons. The molecule has 3 aliphatic rings. The average molecular weight is 242 g/mol. The summed E-state index contributed by atoms with van der Waals surface area (Å²) in [4.78, 5) is 14.2. The lowest BCUT2D eigenvalue weighted by atomic mass is 9.65. The van der Waals surface area contributed by atoms with Crippen LogP contribution in [0.3, 0.4) is 0 Å². The van der Waals surface area contributed by atoms with Gasteiger partial charge in [-0.05, 0) is 30.9 Å².